The molecular weight excluding hydrogens is 154 g/mol. The molecule has 1 amide bonds. The van der Waals surface area contributed by atoms with E-state index < -0.39 is 0 Å². The van der Waals surface area contributed by atoms with Gasteiger partial charge in [-0.05, 0) is 25.2 Å². The first-order valence-corrected chi connectivity index (χ1v) is 4.71. The fourth-order valence-corrected chi connectivity index (χ4v) is 2.29. The molecular formula is C9H15NO2. The number of carbonyl (C=O) groups excluding carboxylic acids is 1. The molecule has 68 valence electrons. The average molecular weight is 169 g/mol. The number of hydrogen-bond donors (Lipinski definition) is 1. The van der Waals surface area contributed by atoms with Gasteiger partial charge in [0, 0.05) is 25.6 Å². The lowest BCUT2D eigenvalue weighted by molar-refractivity contribution is -0.131. The maximum atomic E-state index is 11.3. The number of carbonyl (C=O) groups is 1. The van der Waals surface area contributed by atoms with Gasteiger partial charge >= 0.3 is 0 Å². The average Bonchev–Trinajstić information content (AvgIpc) is 2.47. The monoisotopic (exact) mass is 169 g/mol. The molecule has 2 rings (SSSR count). The van der Waals surface area contributed by atoms with E-state index in [2.05, 4.69) is 0 Å². The summed E-state index contributed by atoms with van der Waals surface area (Å²) in [6, 6.07) is 0.500. The van der Waals surface area contributed by atoms with E-state index in [1.807, 2.05) is 4.90 Å². The highest BCUT2D eigenvalue weighted by Gasteiger charge is 2.35. The van der Waals surface area contributed by atoms with Crippen LogP contribution in [0.3, 0.4) is 0 Å². The molecule has 2 heterocycles. The van der Waals surface area contributed by atoms with Gasteiger partial charge in [-0.25, -0.2) is 0 Å². The first-order chi connectivity index (χ1) is 5.81. The van der Waals surface area contributed by atoms with Crippen molar-refractivity contribution in [3.05, 3.63) is 0 Å². The number of aliphatic hydroxyl groups excluding tert-OH is 1. The lowest BCUT2D eigenvalue weighted by atomic mass is 9.94. The zero-order chi connectivity index (χ0) is 8.55. The summed E-state index contributed by atoms with van der Waals surface area (Å²) >= 11 is 0. The third kappa shape index (κ3) is 1.22. The Morgan fingerprint density at radius 1 is 1.42 bits per heavy atom. The largest absolute Gasteiger partial charge is 0.396 e. The minimum atomic E-state index is 0.233. The Labute approximate surface area is 72.4 Å². The molecule has 0 spiro atoms. The Kier molecular flexibility index (Phi) is 2.05. The quantitative estimate of drug-likeness (QED) is 0.616. The van der Waals surface area contributed by atoms with Gasteiger partial charge in [0.1, 0.15) is 0 Å². The number of piperidine rings is 1. The Morgan fingerprint density at radius 3 is 3.00 bits per heavy atom. The van der Waals surface area contributed by atoms with Crippen molar-refractivity contribution < 1.29 is 9.90 Å². The van der Waals surface area contributed by atoms with Crippen molar-refractivity contribution in [1.82, 2.24) is 4.90 Å². The summed E-state index contributed by atoms with van der Waals surface area (Å²) in [4.78, 5) is 13.3. The van der Waals surface area contributed by atoms with Crippen LogP contribution in [0.2, 0.25) is 0 Å². The molecule has 0 aromatic carbocycles. The standard InChI is InChI=1S/C9H15NO2/c11-6-7-1-2-8-3-4-9(12)10(8)5-7/h7-8,11H,1-6H2/t7-,8+/m1/s1. The van der Waals surface area contributed by atoms with Crippen molar-refractivity contribution in [2.75, 3.05) is 13.2 Å². The Hall–Kier alpha value is -0.570. The molecule has 2 atom stereocenters. The highest BCUT2D eigenvalue weighted by molar-refractivity contribution is 5.78. The molecule has 2 aliphatic rings. The molecule has 12 heavy (non-hydrogen) atoms. The van der Waals surface area contributed by atoms with Gasteiger partial charge in [0.25, 0.3) is 0 Å². The summed E-state index contributed by atoms with van der Waals surface area (Å²) in [5.74, 6) is 0.626. The summed E-state index contributed by atoms with van der Waals surface area (Å²) in [6.45, 7) is 1.02. The van der Waals surface area contributed by atoms with Gasteiger partial charge in [-0.3, -0.25) is 4.79 Å². The van der Waals surface area contributed by atoms with Crippen molar-refractivity contribution in [3.63, 3.8) is 0 Å². The smallest absolute Gasteiger partial charge is 0.222 e. The third-order valence-electron chi connectivity index (χ3n) is 3.07. The van der Waals surface area contributed by atoms with Crippen LogP contribution in [-0.4, -0.2) is 35.1 Å². The maximum Gasteiger partial charge on any atom is 0.222 e. The van der Waals surface area contributed by atoms with E-state index in [1.165, 1.54) is 0 Å². The maximum absolute atomic E-state index is 11.3. The van der Waals surface area contributed by atoms with E-state index in [0.717, 1.165) is 32.2 Å². The second kappa shape index (κ2) is 3.05. The van der Waals surface area contributed by atoms with Crippen molar-refractivity contribution in [2.45, 2.75) is 31.7 Å². The van der Waals surface area contributed by atoms with Crippen LogP contribution in [0.5, 0.6) is 0 Å². The second-order valence-electron chi connectivity index (χ2n) is 3.86. The van der Waals surface area contributed by atoms with Crippen molar-refractivity contribution in [2.24, 2.45) is 5.92 Å². The zero-order valence-corrected chi connectivity index (χ0v) is 7.20. The van der Waals surface area contributed by atoms with Crippen LogP contribution >= 0.6 is 0 Å². The summed E-state index contributed by atoms with van der Waals surface area (Å²) in [5, 5.41) is 8.96. The highest BCUT2D eigenvalue weighted by Crippen LogP contribution is 2.30. The summed E-state index contributed by atoms with van der Waals surface area (Å²) in [5.41, 5.74) is 0. The second-order valence-corrected chi connectivity index (χ2v) is 3.86. The molecule has 0 aromatic rings. The third-order valence-corrected chi connectivity index (χ3v) is 3.07. The number of rotatable bonds is 1. The molecule has 2 saturated heterocycles. The lowest BCUT2D eigenvalue weighted by Gasteiger charge is -2.34. The topological polar surface area (TPSA) is 40.5 Å². The van der Waals surface area contributed by atoms with E-state index in [0.29, 0.717) is 12.0 Å². The lowest BCUT2D eigenvalue weighted by Crippen LogP contribution is -2.42. The summed E-state index contributed by atoms with van der Waals surface area (Å²) < 4.78 is 0. The van der Waals surface area contributed by atoms with Crippen LogP contribution < -0.4 is 0 Å². The molecule has 0 bridgehead atoms. The van der Waals surface area contributed by atoms with Gasteiger partial charge in [-0.2, -0.15) is 0 Å². The number of fused-ring (bicyclic) bond motifs is 1. The van der Waals surface area contributed by atoms with Gasteiger partial charge in [0.15, 0.2) is 0 Å². The van der Waals surface area contributed by atoms with Crippen LogP contribution in [0, 0.1) is 5.92 Å². The summed E-state index contributed by atoms with van der Waals surface area (Å²) in [7, 11) is 0. The minimum Gasteiger partial charge on any atom is -0.396 e. The predicted molar refractivity (Wildman–Crippen MR) is 44.5 cm³/mol. The molecule has 1 N–H and O–H groups in total. The first-order valence-electron chi connectivity index (χ1n) is 4.71. The summed E-state index contributed by atoms with van der Waals surface area (Å²) in [6.07, 6.45) is 3.95. The molecule has 0 radical (unpaired) electrons. The van der Waals surface area contributed by atoms with E-state index in [-0.39, 0.29) is 12.5 Å². The van der Waals surface area contributed by atoms with Crippen LogP contribution in [0.1, 0.15) is 25.7 Å². The fourth-order valence-electron chi connectivity index (χ4n) is 2.29. The molecule has 3 heteroatoms. The van der Waals surface area contributed by atoms with E-state index in [1.54, 1.807) is 0 Å². The molecule has 3 nitrogen and oxygen atoms in total. The number of hydrogen-bond acceptors (Lipinski definition) is 2. The van der Waals surface area contributed by atoms with Gasteiger partial charge in [-0.1, -0.05) is 0 Å². The molecule has 0 aromatic heterocycles. The van der Waals surface area contributed by atoms with Crippen molar-refractivity contribution in [3.8, 4) is 0 Å². The van der Waals surface area contributed by atoms with E-state index in [9.17, 15) is 4.79 Å². The van der Waals surface area contributed by atoms with Gasteiger partial charge < -0.3 is 10.0 Å². The Morgan fingerprint density at radius 2 is 2.25 bits per heavy atom. The van der Waals surface area contributed by atoms with Gasteiger partial charge in [-0.15, -0.1) is 0 Å². The Balaban J connectivity index is 2.01. The molecule has 2 fully saturated rings. The predicted octanol–water partition coefficient (Wildman–Crippen LogP) is 0.380. The molecule has 0 unspecified atom stereocenters. The van der Waals surface area contributed by atoms with E-state index >= 15 is 0 Å². The van der Waals surface area contributed by atoms with Crippen LogP contribution in [0.25, 0.3) is 0 Å². The minimum absolute atomic E-state index is 0.233. The SMILES string of the molecule is O=C1CC[C@@H]2CC[C@@H](CO)CN12. The fraction of sp³-hybridized carbons (Fsp3) is 0.889. The first kappa shape index (κ1) is 8.05. The van der Waals surface area contributed by atoms with Gasteiger partial charge in [0.05, 0.1) is 0 Å². The van der Waals surface area contributed by atoms with E-state index in [4.69, 9.17) is 5.11 Å². The van der Waals surface area contributed by atoms with Crippen molar-refractivity contribution in [1.29, 1.82) is 0 Å². The number of aliphatic hydroxyl groups is 1. The van der Waals surface area contributed by atoms with Crippen LogP contribution in [0.4, 0.5) is 0 Å². The molecule has 0 saturated carbocycles. The van der Waals surface area contributed by atoms with Crippen molar-refractivity contribution >= 4 is 5.91 Å². The van der Waals surface area contributed by atoms with Gasteiger partial charge in [0.2, 0.25) is 5.91 Å². The highest BCUT2D eigenvalue weighted by atomic mass is 16.3. The zero-order valence-electron chi connectivity index (χ0n) is 7.20. The Bertz CT molecular complexity index is 193. The normalized spacial score (nSPS) is 35.4. The molecule has 2 aliphatic heterocycles. The van der Waals surface area contributed by atoms with Crippen LogP contribution in [-0.2, 0) is 4.79 Å². The van der Waals surface area contributed by atoms with Crippen LogP contribution in [0.15, 0.2) is 0 Å². The number of amides is 1. The molecule has 0 aliphatic carbocycles. The number of nitrogens with zero attached hydrogens (tertiary/aromatic N) is 1.